The van der Waals surface area contributed by atoms with E-state index in [1.54, 1.807) is 6.92 Å². The first-order valence-electron chi connectivity index (χ1n) is 6.11. The van der Waals surface area contributed by atoms with E-state index in [9.17, 15) is 9.90 Å². The van der Waals surface area contributed by atoms with Crippen molar-refractivity contribution in [2.45, 2.75) is 26.6 Å². The molecule has 0 radical (unpaired) electrons. The van der Waals surface area contributed by atoms with Crippen LogP contribution < -0.4 is 0 Å². The Morgan fingerprint density at radius 3 is 2.67 bits per heavy atom. The van der Waals surface area contributed by atoms with Gasteiger partial charge in [-0.15, -0.1) is 0 Å². The summed E-state index contributed by atoms with van der Waals surface area (Å²) in [7, 11) is 0. The third-order valence-corrected chi connectivity index (χ3v) is 3.58. The molecule has 0 saturated carbocycles. The third-order valence-electron chi connectivity index (χ3n) is 2.64. The molecule has 18 heavy (non-hydrogen) atoms. The first-order chi connectivity index (χ1) is 8.65. The molecule has 0 fully saturated rings. The predicted molar refractivity (Wildman–Crippen MR) is 74.4 cm³/mol. The average Bonchev–Trinajstić information content (AvgIpc) is 2.39. The van der Waals surface area contributed by atoms with E-state index in [1.807, 2.05) is 37.3 Å². The Hall–Kier alpha value is -0.840. The highest BCUT2D eigenvalue weighted by Gasteiger charge is 2.21. The Morgan fingerprint density at radius 1 is 1.39 bits per heavy atom. The van der Waals surface area contributed by atoms with Crippen LogP contribution in [0.4, 0.5) is 0 Å². The minimum absolute atomic E-state index is 0.0216. The summed E-state index contributed by atoms with van der Waals surface area (Å²) in [6.45, 7) is 4.31. The van der Waals surface area contributed by atoms with Crippen LogP contribution in [0.1, 0.15) is 19.4 Å². The maximum absolute atomic E-state index is 11.6. The summed E-state index contributed by atoms with van der Waals surface area (Å²) in [6, 6.07) is 9.77. The van der Waals surface area contributed by atoms with E-state index >= 15 is 0 Å². The lowest BCUT2D eigenvalue weighted by atomic mass is 10.1. The molecule has 1 rings (SSSR count). The van der Waals surface area contributed by atoms with Crippen LogP contribution in [0.2, 0.25) is 0 Å². The molecule has 0 unspecified atom stereocenters. The van der Waals surface area contributed by atoms with Gasteiger partial charge in [0.15, 0.2) is 5.12 Å². The molecule has 4 heteroatoms. The summed E-state index contributed by atoms with van der Waals surface area (Å²) < 4.78 is 5.42. The minimum atomic E-state index is -0.736. The fourth-order valence-corrected chi connectivity index (χ4v) is 2.15. The molecule has 0 saturated heterocycles. The summed E-state index contributed by atoms with van der Waals surface area (Å²) >= 11 is 1.24. The van der Waals surface area contributed by atoms with Gasteiger partial charge >= 0.3 is 0 Å². The van der Waals surface area contributed by atoms with Crippen LogP contribution in [0.25, 0.3) is 0 Å². The first-order valence-corrected chi connectivity index (χ1v) is 7.10. The van der Waals surface area contributed by atoms with Gasteiger partial charge in [-0.1, -0.05) is 55.9 Å². The van der Waals surface area contributed by atoms with Gasteiger partial charge in [0.2, 0.25) is 0 Å². The lowest BCUT2D eigenvalue weighted by Gasteiger charge is -2.17. The van der Waals surface area contributed by atoms with Crippen molar-refractivity contribution in [2.24, 2.45) is 5.92 Å². The molecule has 0 aliphatic heterocycles. The Labute approximate surface area is 113 Å². The standard InChI is InChI=1S/C14H20O3S/c1-3-18-14(16)11(2)13(15)10-17-9-12-7-5-4-6-8-12/h4-8,11,13,15H,3,9-10H2,1-2H3/t11-,13-/m0/s1. The van der Waals surface area contributed by atoms with E-state index in [1.165, 1.54) is 11.8 Å². The van der Waals surface area contributed by atoms with Crippen molar-refractivity contribution < 1.29 is 14.6 Å². The smallest absolute Gasteiger partial charge is 0.194 e. The van der Waals surface area contributed by atoms with Gasteiger partial charge in [-0.25, -0.2) is 0 Å². The SMILES string of the molecule is CCSC(=O)[C@@H](C)[C@@H](O)COCc1ccccc1. The maximum atomic E-state index is 11.6. The van der Waals surface area contributed by atoms with Crippen LogP contribution in [0.5, 0.6) is 0 Å². The summed E-state index contributed by atoms with van der Waals surface area (Å²) in [4.78, 5) is 11.6. The number of ether oxygens (including phenoxy) is 1. The molecule has 0 heterocycles. The van der Waals surface area contributed by atoms with Crippen LogP contribution in [0.15, 0.2) is 30.3 Å². The van der Waals surface area contributed by atoms with Crippen LogP contribution >= 0.6 is 11.8 Å². The number of aliphatic hydroxyl groups is 1. The summed E-state index contributed by atoms with van der Waals surface area (Å²) in [6.07, 6.45) is -0.736. The van der Waals surface area contributed by atoms with Gasteiger partial charge in [0, 0.05) is 0 Å². The molecule has 3 nitrogen and oxygen atoms in total. The molecule has 0 aromatic heterocycles. The van der Waals surface area contributed by atoms with Crippen molar-refractivity contribution in [3.05, 3.63) is 35.9 Å². The highest BCUT2D eigenvalue weighted by Crippen LogP contribution is 2.15. The van der Waals surface area contributed by atoms with Gasteiger partial charge in [-0.05, 0) is 11.3 Å². The van der Waals surface area contributed by atoms with Crippen molar-refractivity contribution in [1.82, 2.24) is 0 Å². The van der Waals surface area contributed by atoms with Crippen molar-refractivity contribution >= 4 is 16.9 Å². The first kappa shape index (κ1) is 15.2. The van der Waals surface area contributed by atoms with Gasteiger partial charge < -0.3 is 9.84 Å². The van der Waals surface area contributed by atoms with Crippen molar-refractivity contribution in [3.63, 3.8) is 0 Å². The number of hydrogen-bond donors (Lipinski definition) is 1. The zero-order chi connectivity index (χ0) is 13.4. The van der Waals surface area contributed by atoms with Gasteiger partial charge in [-0.2, -0.15) is 0 Å². The summed E-state index contributed by atoms with van der Waals surface area (Å²) in [5, 5.41) is 9.86. The number of hydrogen-bond acceptors (Lipinski definition) is 4. The van der Waals surface area contributed by atoms with Gasteiger partial charge in [0.05, 0.1) is 25.2 Å². The fraction of sp³-hybridized carbons (Fsp3) is 0.500. The van der Waals surface area contributed by atoms with E-state index < -0.39 is 6.10 Å². The van der Waals surface area contributed by atoms with Gasteiger partial charge in [0.25, 0.3) is 0 Å². The highest BCUT2D eigenvalue weighted by atomic mass is 32.2. The molecular weight excluding hydrogens is 248 g/mol. The Balaban J connectivity index is 2.28. The maximum Gasteiger partial charge on any atom is 0.194 e. The van der Waals surface area contributed by atoms with E-state index in [0.717, 1.165) is 11.3 Å². The largest absolute Gasteiger partial charge is 0.390 e. The minimum Gasteiger partial charge on any atom is -0.390 e. The molecule has 1 N–H and O–H groups in total. The Bertz CT molecular complexity index is 353. The summed E-state index contributed by atoms with van der Waals surface area (Å²) in [5.41, 5.74) is 1.06. The second-order valence-corrected chi connectivity index (χ2v) is 5.38. The van der Waals surface area contributed by atoms with Crippen molar-refractivity contribution in [3.8, 4) is 0 Å². The summed E-state index contributed by atoms with van der Waals surface area (Å²) in [5.74, 6) is 0.353. The van der Waals surface area contributed by atoms with E-state index in [-0.39, 0.29) is 17.6 Å². The van der Waals surface area contributed by atoms with Crippen molar-refractivity contribution in [2.75, 3.05) is 12.4 Å². The third kappa shape index (κ3) is 5.21. The number of thioether (sulfide) groups is 1. The molecule has 0 amide bonds. The van der Waals surface area contributed by atoms with Gasteiger partial charge in [-0.3, -0.25) is 4.79 Å². The number of aliphatic hydroxyl groups excluding tert-OH is 1. The molecule has 2 atom stereocenters. The molecule has 100 valence electrons. The number of carbonyl (C=O) groups excluding carboxylic acids is 1. The molecule has 1 aromatic rings. The zero-order valence-electron chi connectivity index (χ0n) is 10.8. The van der Waals surface area contributed by atoms with E-state index in [2.05, 4.69) is 0 Å². The van der Waals surface area contributed by atoms with Crippen LogP contribution in [-0.2, 0) is 16.1 Å². The number of benzene rings is 1. The molecule has 0 aliphatic carbocycles. The molecule has 0 spiro atoms. The quantitative estimate of drug-likeness (QED) is 0.825. The topological polar surface area (TPSA) is 46.5 Å². The molecule has 1 aromatic carbocycles. The molecule has 0 bridgehead atoms. The van der Waals surface area contributed by atoms with E-state index in [4.69, 9.17) is 4.74 Å². The monoisotopic (exact) mass is 268 g/mol. The number of rotatable bonds is 7. The second kappa shape index (κ2) is 8.29. The predicted octanol–water partition coefficient (Wildman–Crippen LogP) is 2.48. The van der Waals surface area contributed by atoms with Gasteiger partial charge in [0.1, 0.15) is 0 Å². The highest BCUT2D eigenvalue weighted by molar-refractivity contribution is 8.13. The van der Waals surface area contributed by atoms with Crippen molar-refractivity contribution in [1.29, 1.82) is 0 Å². The zero-order valence-corrected chi connectivity index (χ0v) is 11.7. The fourth-order valence-electron chi connectivity index (χ4n) is 1.45. The van der Waals surface area contributed by atoms with E-state index in [0.29, 0.717) is 6.61 Å². The Morgan fingerprint density at radius 2 is 2.06 bits per heavy atom. The molecule has 0 aliphatic rings. The Kier molecular flexibility index (Phi) is 7.01. The lowest BCUT2D eigenvalue weighted by Crippen LogP contribution is -2.28. The average molecular weight is 268 g/mol. The number of carbonyl (C=O) groups is 1. The van der Waals surface area contributed by atoms with Crippen LogP contribution in [0, 0.1) is 5.92 Å². The lowest BCUT2D eigenvalue weighted by molar-refractivity contribution is -0.118. The normalized spacial score (nSPS) is 14.2. The van der Waals surface area contributed by atoms with Crippen LogP contribution in [-0.4, -0.2) is 28.7 Å². The second-order valence-electron chi connectivity index (χ2n) is 4.11. The van der Waals surface area contributed by atoms with Crippen LogP contribution in [0.3, 0.4) is 0 Å². The molecular formula is C14H20O3S.